The van der Waals surface area contributed by atoms with Crippen molar-refractivity contribution >= 4 is 11.6 Å². The van der Waals surface area contributed by atoms with Crippen LogP contribution < -0.4 is 5.32 Å². The zero-order valence-corrected chi connectivity index (χ0v) is 19.1. The van der Waals surface area contributed by atoms with Crippen LogP contribution in [0, 0.1) is 11.6 Å². The number of amides is 1. The van der Waals surface area contributed by atoms with E-state index in [1.165, 1.54) is 23.1 Å². The Balaban J connectivity index is 1.77. The van der Waals surface area contributed by atoms with Crippen molar-refractivity contribution in [2.75, 3.05) is 5.32 Å². The molecule has 0 atom stereocenters. The lowest BCUT2D eigenvalue weighted by Crippen LogP contribution is -2.25. The maximum Gasteiger partial charge on any atom is 0.277 e. The minimum atomic E-state index is -2.75. The molecule has 0 spiro atoms. The highest BCUT2D eigenvalue weighted by molar-refractivity contribution is 6.05. The van der Waals surface area contributed by atoms with Crippen LogP contribution in [0.5, 0.6) is 0 Å². The van der Waals surface area contributed by atoms with Gasteiger partial charge in [0.2, 0.25) is 5.92 Å². The van der Waals surface area contributed by atoms with E-state index in [4.69, 9.17) is 0 Å². The molecule has 4 rings (SSSR count). The molecular weight excluding hydrogens is 450 g/mol. The van der Waals surface area contributed by atoms with E-state index in [0.29, 0.717) is 5.69 Å². The largest absolute Gasteiger partial charge is 0.318 e. The van der Waals surface area contributed by atoms with Gasteiger partial charge in [0, 0.05) is 36.1 Å². The van der Waals surface area contributed by atoms with Gasteiger partial charge in [-0.05, 0) is 57.9 Å². The number of anilines is 1. The van der Waals surface area contributed by atoms with Crippen molar-refractivity contribution in [2.45, 2.75) is 63.8 Å². The number of halogens is 4. The van der Waals surface area contributed by atoms with Gasteiger partial charge >= 0.3 is 0 Å². The Morgan fingerprint density at radius 2 is 1.82 bits per heavy atom. The molecule has 0 unspecified atom stereocenters. The van der Waals surface area contributed by atoms with E-state index < -0.39 is 29.0 Å². The Morgan fingerprint density at radius 3 is 2.47 bits per heavy atom. The first-order valence-corrected chi connectivity index (χ1v) is 11.0. The molecule has 1 fully saturated rings. The van der Waals surface area contributed by atoms with Crippen molar-refractivity contribution in [1.82, 2.24) is 20.0 Å². The Labute approximate surface area is 194 Å². The van der Waals surface area contributed by atoms with Crippen LogP contribution in [0.3, 0.4) is 0 Å². The molecule has 1 aromatic carbocycles. The highest BCUT2D eigenvalue weighted by Crippen LogP contribution is 2.44. The van der Waals surface area contributed by atoms with E-state index in [0.717, 1.165) is 18.2 Å². The third-order valence-electron chi connectivity index (χ3n) is 5.95. The zero-order chi connectivity index (χ0) is 24.7. The Morgan fingerprint density at radius 1 is 1.12 bits per heavy atom. The summed E-state index contributed by atoms with van der Waals surface area (Å²) in [6.45, 7) is 5.69. The minimum Gasteiger partial charge on any atom is -0.318 e. The molecule has 0 aliphatic heterocycles. The average molecular weight is 475 g/mol. The molecule has 1 aliphatic rings. The first-order valence-electron chi connectivity index (χ1n) is 11.0. The molecule has 1 N–H and O–H groups in total. The third-order valence-corrected chi connectivity index (χ3v) is 5.95. The summed E-state index contributed by atoms with van der Waals surface area (Å²) in [5.74, 6) is -5.10. The van der Waals surface area contributed by atoms with Crippen LogP contribution in [-0.2, 0) is 5.54 Å². The van der Waals surface area contributed by atoms with Crippen LogP contribution in [0.25, 0.3) is 11.1 Å². The fourth-order valence-electron chi connectivity index (χ4n) is 4.03. The molecule has 0 radical (unpaired) electrons. The number of carbonyl (C=O) groups is 1. The molecule has 6 nitrogen and oxygen atoms in total. The van der Waals surface area contributed by atoms with E-state index in [9.17, 15) is 22.4 Å². The summed E-state index contributed by atoms with van der Waals surface area (Å²) >= 11 is 0. The lowest BCUT2D eigenvalue weighted by molar-refractivity contribution is -0.0384. The van der Waals surface area contributed by atoms with Gasteiger partial charge in [-0.1, -0.05) is 5.21 Å². The van der Waals surface area contributed by atoms with E-state index in [1.54, 1.807) is 0 Å². The number of nitrogens with zero attached hydrogens (tertiary/aromatic N) is 4. The molecule has 2 heterocycles. The van der Waals surface area contributed by atoms with Gasteiger partial charge in [0.25, 0.3) is 5.91 Å². The Kier molecular flexibility index (Phi) is 6.18. The van der Waals surface area contributed by atoms with Crippen molar-refractivity contribution in [3.63, 3.8) is 0 Å². The summed E-state index contributed by atoms with van der Waals surface area (Å²) in [4.78, 5) is 17.4. The molecular formula is C24H25F4N5O. The highest BCUT2D eigenvalue weighted by atomic mass is 19.3. The van der Waals surface area contributed by atoms with Gasteiger partial charge in [0.1, 0.15) is 11.6 Å². The summed E-state index contributed by atoms with van der Waals surface area (Å²) in [5, 5.41) is 10.6. The average Bonchev–Trinajstić information content (AvgIpc) is 3.27. The van der Waals surface area contributed by atoms with E-state index in [1.807, 2.05) is 20.8 Å². The van der Waals surface area contributed by atoms with Crippen molar-refractivity contribution in [1.29, 1.82) is 0 Å². The maximum absolute atomic E-state index is 14.7. The monoisotopic (exact) mass is 475 g/mol. The number of hydrogen-bond donors (Lipinski definition) is 1. The Bertz CT molecular complexity index is 1210. The number of alkyl halides is 2. The first-order chi connectivity index (χ1) is 15.9. The van der Waals surface area contributed by atoms with E-state index in [2.05, 4.69) is 20.6 Å². The Hall–Kier alpha value is -3.30. The number of nitrogens with one attached hydrogen (secondary N) is 1. The lowest BCUT2D eigenvalue weighted by atomic mass is 9.83. The summed E-state index contributed by atoms with van der Waals surface area (Å²) in [5.41, 5.74) is 0.249. The topological polar surface area (TPSA) is 72.7 Å². The fraction of sp³-hybridized carbons (Fsp3) is 0.417. The van der Waals surface area contributed by atoms with Crippen LogP contribution in [0.15, 0.2) is 36.7 Å². The van der Waals surface area contributed by atoms with Gasteiger partial charge in [-0.25, -0.2) is 22.2 Å². The second-order valence-electron chi connectivity index (χ2n) is 9.55. The lowest BCUT2D eigenvalue weighted by Gasteiger charge is -2.29. The number of benzene rings is 1. The number of aromatic nitrogens is 4. The minimum absolute atomic E-state index is 0.0190. The number of pyridine rings is 1. The van der Waals surface area contributed by atoms with Gasteiger partial charge in [-0.2, -0.15) is 0 Å². The molecule has 1 amide bonds. The molecule has 1 aliphatic carbocycles. The molecule has 1 saturated carbocycles. The summed E-state index contributed by atoms with van der Waals surface area (Å²) < 4.78 is 57.7. The number of hydrogen-bond acceptors (Lipinski definition) is 4. The third kappa shape index (κ3) is 4.95. The molecule has 180 valence electrons. The predicted octanol–water partition coefficient (Wildman–Crippen LogP) is 5.92. The SMILES string of the molecule is CC(C)(C)n1cc(C(=O)Nc2c(-c3cc(F)ccc3F)ccnc2C2CCC(F)(F)CC2)nn1. The first kappa shape index (κ1) is 23.8. The molecule has 10 heteroatoms. The van der Waals surface area contributed by atoms with Gasteiger partial charge in [0.05, 0.1) is 23.1 Å². The van der Waals surface area contributed by atoms with Gasteiger partial charge in [0.15, 0.2) is 5.69 Å². The molecule has 0 saturated heterocycles. The summed E-state index contributed by atoms with van der Waals surface area (Å²) in [6, 6.07) is 4.47. The maximum atomic E-state index is 14.7. The van der Waals surface area contributed by atoms with Crippen molar-refractivity contribution in [3.8, 4) is 11.1 Å². The number of carbonyl (C=O) groups excluding carboxylic acids is 1. The van der Waals surface area contributed by atoms with Crippen molar-refractivity contribution in [2.24, 2.45) is 0 Å². The smallest absolute Gasteiger partial charge is 0.277 e. The second-order valence-corrected chi connectivity index (χ2v) is 9.55. The van der Waals surface area contributed by atoms with Crippen molar-refractivity contribution in [3.05, 3.63) is 59.7 Å². The van der Waals surface area contributed by atoms with Crippen LogP contribution in [0.1, 0.15) is 68.6 Å². The van der Waals surface area contributed by atoms with Gasteiger partial charge in [-0.15, -0.1) is 5.10 Å². The second kappa shape index (κ2) is 8.81. The van der Waals surface area contributed by atoms with Gasteiger partial charge in [-0.3, -0.25) is 9.78 Å². The van der Waals surface area contributed by atoms with Crippen LogP contribution >= 0.6 is 0 Å². The van der Waals surface area contributed by atoms with E-state index in [-0.39, 0.29) is 54.1 Å². The summed E-state index contributed by atoms with van der Waals surface area (Å²) in [6.07, 6.45) is 2.56. The van der Waals surface area contributed by atoms with Gasteiger partial charge < -0.3 is 5.32 Å². The molecule has 3 aromatic rings. The van der Waals surface area contributed by atoms with E-state index >= 15 is 0 Å². The zero-order valence-electron chi connectivity index (χ0n) is 19.1. The quantitative estimate of drug-likeness (QED) is 0.476. The predicted molar refractivity (Wildman–Crippen MR) is 119 cm³/mol. The van der Waals surface area contributed by atoms with Crippen LogP contribution in [0.2, 0.25) is 0 Å². The molecule has 34 heavy (non-hydrogen) atoms. The fourth-order valence-corrected chi connectivity index (χ4v) is 4.03. The summed E-state index contributed by atoms with van der Waals surface area (Å²) in [7, 11) is 0. The highest BCUT2D eigenvalue weighted by Gasteiger charge is 2.37. The molecule has 2 aromatic heterocycles. The van der Waals surface area contributed by atoms with Crippen LogP contribution in [0.4, 0.5) is 23.2 Å². The van der Waals surface area contributed by atoms with Crippen LogP contribution in [-0.4, -0.2) is 31.8 Å². The standard InChI is InChI=1S/C24H25F4N5O/c1-23(2,3)33-13-19(31-32-33)22(34)30-21-16(17-12-15(25)4-5-18(17)26)8-11-29-20(21)14-6-9-24(27,28)10-7-14/h4-5,8,11-14H,6-7,9-10H2,1-3H3,(H,30,34). The number of rotatable bonds is 4. The normalized spacial score (nSPS) is 16.4. The van der Waals surface area contributed by atoms with Crippen molar-refractivity contribution < 1.29 is 22.4 Å². The molecule has 0 bridgehead atoms.